The van der Waals surface area contributed by atoms with Crippen LogP contribution in [0, 0.1) is 6.92 Å². The van der Waals surface area contributed by atoms with Gasteiger partial charge in [-0.2, -0.15) is 5.10 Å². The van der Waals surface area contributed by atoms with E-state index >= 15 is 0 Å². The van der Waals surface area contributed by atoms with Crippen LogP contribution >= 0.6 is 11.6 Å². The summed E-state index contributed by atoms with van der Waals surface area (Å²) in [6.45, 7) is 1.96. The Hall–Kier alpha value is -3.45. The van der Waals surface area contributed by atoms with Crippen LogP contribution in [-0.4, -0.2) is 39.8 Å². The summed E-state index contributed by atoms with van der Waals surface area (Å²) in [5, 5.41) is 16.2. The Morgan fingerprint density at radius 1 is 1.19 bits per heavy atom. The fourth-order valence-corrected chi connectivity index (χ4v) is 4.13. The number of carbonyl (C=O) groups is 2. The molecule has 0 bridgehead atoms. The standard InChI is InChI=1S/C24H22ClN3O4/c1-14-5-3-7-16-12-18(24(25)26-23(14)16)20-13-19(15-6-4-8-17(11-15)32-2)27-28(20)21(29)9-10-22(30)31/h3-8,11-12,20H,9-10,13H2,1-2H3,(H,30,31). The van der Waals surface area contributed by atoms with Gasteiger partial charge >= 0.3 is 5.97 Å². The number of aromatic nitrogens is 1. The van der Waals surface area contributed by atoms with Crippen LogP contribution in [0.25, 0.3) is 10.9 Å². The summed E-state index contributed by atoms with van der Waals surface area (Å²) in [5.74, 6) is -0.735. The number of hydrogen-bond acceptors (Lipinski definition) is 5. The molecule has 164 valence electrons. The van der Waals surface area contributed by atoms with E-state index in [0.29, 0.717) is 28.6 Å². The van der Waals surface area contributed by atoms with Gasteiger partial charge in [-0.05, 0) is 30.7 Å². The molecule has 2 aromatic carbocycles. The largest absolute Gasteiger partial charge is 0.497 e. The number of carbonyl (C=O) groups excluding carboxylic acids is 1. The van der Waals surface area contributed by atoms with E-state index in [1.807, 2.05) is 55.5 Å². The summed E-state index contributed by atoms with van der Waals surface area (Å²) in [6.07, 6.45) is -0.00186. The number of hydrogen-bond donors (Lipinski definition) is 1. The van der Waals surface area contributed by atoms with E-state index in [9.17, 15) is 9.59 Å². The predicted octanol–water partition coefficient (Wildman–Crippen LogP) is 4.75. The number of rotatable bonds is 6. The lowest BCUT2D eigenvalue weighted by atomic mass is 9.97. The average Bonchev–Trinajstić information content (AvgIpc) is 3.23. The van der Waals surface area contributed by atoms with Crippen molar-refractivity contribution in [1.29, 1.82) is 0 Å². The molecular formula is C24H22ClN3O4. The third-order valence-electron chi connectivity index (χ3n) is 5.51. The molecule has 0 fully saturated rings. The molecule has 1 aromatic heterocycles. The highest BCUT2D eigenvalue weighted by molar-refractivity contribution is 6.30. The van der Waals surface area contributed by atoms with Gasteiger partial charge in [0.2, 0.25) is 5.91 Å². The molecule has 8 heteroatoms. The minimum absolute atomic E-state index is 0.154. The summed E-state index contributed by atoms with van der Waals surface area (Å²) in [4.78, 5) is 28.5. The number of carboxylic acids is 1. The molecule has 32 heavy (non-hydrogen) atoms. The highest BCUT2D eigenvalue weighted by atomic mass is 35.5. The minimum Gasteiger partial charge on any atom is -0.497 e. The smallest absolute Gasteiger partial charge is 0.303 e. The van der Waals surface area contributed by atoms with Gasteiger partial charge in [0.15, 0.2) is 0 Å². The van der Waals surface area contributed by atoms with E-state index in [2.05, 4.69) is 10.1 Å². The molecular weight excluding hydrogens is 430 g/mol. The molecule has 1 amide bonds. The van der Waals surface area contributed by atoms with E-state index in [0.717, 1.165) is 22.0 Å². The highest BCUT2D eigenvalue weighted by Crippen LogP contribution is 2.38. The van der Waals surface area contributed by atoms with Crippen molar-refractivity contribution in [2.45, 2.75) is 32.2 Å². The first-order valence-corrected chi connectivity index (χ1v) is 10.6. The maximum Gasteiger partial charge on any atom is 0.303 e. The van der Waals surface area contributed by atoms with E-state index in [-0.39, 0.29) is 18.7 Å². The fraction of sp³-hybridized carbons (Fsp3) is 0.250. The van der Waals surface area contributed by atoms with Crippen molar-refractivity contribution in [3.63, 3.8) is 0 Å². The maximum absolute atomic E-state index is 12.9. The van der Waals surface area contributed by atoms with Crippen molar-refractivity contribution in [3.8, 4) is 5.75 Å². The van der Waals surface area contributed by atoms with E-state index in [1.165, 1.54) is 5.01 Å². The van der Waals surface area contributed by atoms with Gasteiger partial charge in [-0.15, -0.1) is 0 Å². The number of nitrogens with zero attached hydrogens (tertiary/aromatic N) is 3. The van der Waals surface area contributed by atoms with Crippen LogP contribution in [0.4, 0.5) is 0 Å². The van der Waals surface area contributed by atoms with Crippen molar-refractivity contribution in [1.82, 2.24) is 9.99 Å². The summed E-state index contributed by atoms with van der Waals surface area (Å²) in [5.41, 5.74) is 4.00. The van der Waals surface area contributed by atoms with Crippen LogP contribution in [0.1, 0.15) is 42.0 Å². The Balaban J connectivity index is 1.75. The number of carboxylic acid groups (broad SMARTS) is 1. The summed E-state index contributed by atoms with van der Waals surface area (Å²) >= 11 is 6.58. The van der Waals surface area contributed by atoms with Crippen LogP contribution in [0.5, 0.6) is 5.75 Å². The van der Waals surface area contributed by atoms with Crippen molar-refractivity contribution in [2.75, 3.05) is 7.11 Å². The van der Waals surface area contributed by atoms with Gasteiger partial charge < -0.3 is 9.84 Å². The second kappa shape index (κ2) is 8.96. The van der Waals surface area contributed by atoms with Crippen LogP contribution < -0.4 is 4.74 Å². The molecule has 3 aromatic rings. The molecule has 1 aliphatic rings. The van der Waals surface area contributed by atoms with Crippen molar-refractivity contribution in [2.24, 2.45) is 5.10 Å². The zero-order valence-electron chi connectivity index (χ0n) is 17.7. The zero-order chi connectivity index (χ0) is 22.8. The predicted molar refractivity (Wildman–Crippen MR) is 122 cm³/mol. The van der Waals surface area contributed by atoms with Crippen molar-refractivity contribution < 1.29 is 19.4 Å². The van der Waals surface area contributed by atoms with Gasteiger partial charge in [0.05, 0.1) is 30.8 Å². The Kier molecular flexibility index (Phi) is 6.10. The lowest BCUT2D eigenvalue weighted by Crippen LogP contribution is -2.27. The monoisotopic (exact) mass is 451 g/mol. The molecule has 2 heterocycles. The molecule has 1 aliphatic heterocycles. The number of methoxy groups -OCH3 is 1. The minimum atomic E-state index is -1.04. The van der Waals surface area contributed by atoms with E-state index in [1.54, 1.807) is 7.11 Å². The van der Waals surface area contributed by atoms with E-state index in [4.69, 9.17) is 21.4 Å². The van der Waals surface area contributed by atoms with Gasteiger partial charge in [-0.3, -0.25) is 9.59 Å². The number of aryl methyl sites for hydroxylation is 1. The molecule has 1 N–H and O–H groups in total. The van der Waals surface area contributed by atoms with Gasteiger partial charge in [0.1, 0.15) is 10.9 Å². The first-order chi connectivity index (χ1) is 15.4. The summed E-state index contributed by atoms with van der Waals surface area (Å²) in [7, 11) is 1.59. The van der Waals surface area contributed by atoms with Crippen LogP contribution in [0.2, 0.25) is 5.15 Å². The number of para-hydroxylation sites is 1. The quantitative estimate of drug-likeness (QED) is 0.546. The number of aliphatic carboxylic acids is 1. The first-order valence-electron chi connectivity index (χ1n) is 10.2. The fourth-order valence-electron chi connectivity index (χ4n) is 3.86. The van der Waals surface area contributed by atoms with Crippen molar-refractivity contribution >= 4 is 40.1 Å². The van der Waals surface area contributed by atoms with Crippen LogP contribution in [-0.2, 0) is 9.59 Å². The number of fused-ring (bicyclic) bond motifs is 1. The van der Waals surface area contributed by atoms with Crippen molar-refractivity contribution in [3.05, 3.63) is 70.4 Å². The Morgan fingerprint density at radius 3 is 2.72 bits per heavy atom. The normalized spacial score (nSPS) is 15.7. The zero-order valence-corrected chi connectivity index (χ0v) is 18.5. The third kappa shape index (κ3) is 4.29. The van der Waals surface area contributed by atoms with Gasteiger partial charge in [-0.1, -0.05) is 41.9 Å². The van der Waals surface area contributed by atoms with Crippen LogP contribution in [0.15, 0.2) is 53.6 Å². The van der Waals surface area contributed by atoms with Gasteiger partial charge in [-0.25, -0.2) is 9.99 Å². The Bertz CT molecular complexity index is 1240. The molecule has 4 rings (SSSR count). The van der Waals surface area contributed by atoms with Crippen LogP contribution in [0.3, 0.4) is 0 Å². The Labute approximate surface area is 190 Å². The highest BCUT2D eigenvalue weighted by Gasteiger charge is 2.35. The topological polar surface area (TPSA) is 92.1 Å². The molecule has 0 radical (unpaired) electrons. The number of pyridine rings is 1. The number of halogens is 1. The maximum atomic E-state index is 12.9. The summed E-state index contributed by atoms with van der Waals surface area (Å²) in [6, 6.07) is 14.7. The second-order valence-electron chi connectivity index (χ2n) is 7.65. The molecule has 0 spiro atoms. The van der Waals surface area contributed by atoms with E-state index < -0.39 is 12.0 Å². The molecule has 7 nitrogen and oxygen atoms in total. The molecule has 0 saturated heterocycles. The number of hydrazone groups is 1. The Morgan fingerprint density at radius 2 is 1.97 bits per heavy atom. The average molecular weight is 452 g/mol. The lowest BCUT2D eigenvalue weighted by Gasteiger charge is -2.23. The molecule has 0 aliphatic carbocycles. The van der Waals surface area contributed by atoms with Gasteiger partial charge in [0, 0.05) is 29.4 Å². The first kappa shape index (κ1) is 21.8. The summed E-state index contributed by atoms with van der Waals surface area (Å²) < 4.78 is 5.31. The number of benzene rings is 2. The number of amides is 1. The van der Waals surface area contributed by atoms with Gasteiger partial charge in [0.25, 0.3) is 0 Å². The lowest BCUT2D eigenvalue weighted by molar-refractivity contribution is -0.141. The SMILES string of the molecule is COc1cccc(C2=NN(C(=O)CCC(=O)O)C(c3cc4cccc(C)c4nc3Cl)C2)c1. The third-order valence-corrected chi connectivity index (χ3v) is 5.81. The number of ether oxygens (including phenoxy) is 1. The molecule has 0 saturated carbocycles. The second-order valence-corrected chi connectivity index (χ2v) is 8.00. The molecule has 1 atom stereocenters. The molecule has 1 unspecified atom stereocenters.